The van der Waals surface area contributed by atoms with Gasteiger partial charge in [-0.3, -0.25) is 4.79 Å². The Balaban J connectivity index is 1.16. The topological polar surface area (TPSA) is 104 Å². The highest BCUT2D eigenvalue weighted by molar-refractivity contribution is 5.92. The van der Waals surface area contributed by atoms with Crippen LogP contribution in [0.15, 0.2) is 72.8 Å². The van der Waals surface area contributed by atoms with Crippen LogP contribution in [0.5, 0.6) is 0 Å². The van der Waals surface area contributed by atoms with Crippen LogP contribution in [0.4, 0.5) is 23.5 Å². The number of benzene rings is 3. The van der Waals surface area contributed by atoms with Crippen molar-refractivity contribution < 1.29 is 4.79 Å². The molecule has 5 rings (SSSR count). The predicted molar refractivity (Wildman–Crippen MR) is 189 cm³/mol. The molecular formula is C38H49N7O. The van der Waals surface area contributed by atoms with Crippen LogP contribution in [0.2, 0.25) is 0 Å². The Bertz CT molecular complexity index is 1580. The molecule has 1 aliphatic rings. The number of anilines is 4. The van der Waals surface area contributed by atoms with E-state index in [1.807, 2.05) is 30.3 Å². The smallest absolute Gasteiger partial charge is 0.229 e. The molecular weight excluding hydrogens is 570 g/mol. The second-order valence-electron chi connectivity index (χ2n) is 13.3. The Labute approximate surface area is 274 Å². The van der Waals surface area contributed by atoms with Crippen LogP contribution < -0.4 is 21.3 Å². The van der Waals surface area contributed by atoms with Crippen molar-refractivity contribution in [3.05, 3.63) is 101 Å². The Morgan fingerprint density at radius 1 is 0.761 bits per heavy atom. The molecule has 0 unspecified atom stereocenters. The van der Waals surface area contributed by atoms with E-state index in [1.165, 1.54) is 22.3 Å². The maximum Gasteiger partial charge on any atom is 0.229 e. The first-order valence-electron chi connectivity index (χ1n) is 16.7. The fourth-order valence-electron chi connectivity index (χ4n) is 5.89. The Hall–Kier alpha value is -4.46. The molecule has 8 heteroatoms. The molecule has 8 nitrogen and oxygen atoms in total. The van der Waals surface area contributed by atoms with Gasteiger partial charge in [-0.05, 0) is 97.2 Å². The standard InChI is InChI=1S/C38H49N7O/c1-6-38(4,5)32-19-21-33(22-20-32)42-34(46)30-17-15-29(16-18-30)24-40-36-43-35(39-23-28-12-8-7-9-13-28)44-37(45-36)41-25-31-14-10-11-26(2)27(31)3/h7-14,19-22,29-30H,6,15-18,23-25H2,1-5H3,(H,42,46)(H3,39,40,41,43,44,45). The van der Waals surface area contributed by atoms with Crippen molar-refractivity contribution in [3.8, 4) is 0 Å². The molecule has 0 aliphatic heterocycles. The summed E-state index contributed by atoms with van der Waals surface area (Å²) in [5, 5.41) is 13.4. The van der Waals surface area contributed by atoms with Crippen LogP contribution in [0.25, 0.3) is 0 Å². The number of nitrogens with one attached hydrogen (secondary N) is 4. The van der Waals surface area contributed by atoms with Gasteiger partial charge in [-0.25, -0.2) is 0 Å². The van der Waals surface area contributed by atoms with Crippen LogP contribution in [0.1, 0.15) is 80.7 Å². The minimum Gasteiger partial charge on any atom is -0.354 e. The minimum atomic E-state index is 0.0369. The first kappa shape index (κ1) is 32.9. The van der Waals surface area contributed by atoms with Crippen molar-refractivity contribution in [1.29, 1.82) is 0 Å². The second-order valence-corrected chi connectivity index (χ2v) is 13.3. The highest BCUT2D eigenvalue weighted by atomic mass is 16.1. The van der Waals surface area contributed by atoms with E-state index in [2.05, 4.69) is 108 Å². The van der Waals surface area contributed by atoms with Gasteiger partial charge in [0.1, 0.15) is 0 Å². The lowest BCUT2D eigenvalue weighted by atomic mass is 9.81. The van der Waals surface area contributed by atoms with Gasteiger partial charge >= 0.3 is 0 Å². The maximum absolute atomic E-state index is 13.1. The van der Waals surface area contributed by atoms with Gasteiger partial charge in [0.05, 0.1) is 0 Å². The molecule has 1 fully saturated rings. The van der Waals surface area contributed by atoms with Crippen molar-refractivity contribution in [1.82, 2.24) is 15.0 Å². The van der Waals surface area contributed by atoms with E-state index in [1.54, 1.807) is 0 Å². The number of carbonyl (C=O) groups is 1. The summed E-state index contributed by atoms with van der Waals surface area (Å²) in [6.07, 6.45) is 4.79. The van der Waals surface area contributed by atoms with Crippen LogP contribution in [0, 0.1) is 25.7 Å². The van der Waals surface area contributed by atoms with Crippen molar-refractivity contribution >= 4 is 29.4 Å². The van der Waals surface area contributed by atoms with Crippen LogP contribution in [0.3, 0.4) is 0 Å². The highest BCUT2D eigenvalue weighted by Gasteiger charge is 2.27. The summed E-state index contributed by atoms with van der Waals surface area (Å²) in [7, 11) is 0. The molecule has 1 amide bonds. The van der Waals surface area contributed by atoms with Gasteiger partial charge in [-0.1, -0.05) is 81.4 Å². The lowest BCUT2D eigenvalue weighted by Crippen LogP contribution is -2.29. The van der Waals surface area contributed by atoms with Crippen LogP contribution in [-0.2, 0) is 23.3 Å². The fourth-order valence-corrected chi connectivity index (χ4v) is 5.89. The van der Waals surface area contributed by atoms with Crippen LogP contribution >= 0.6 is 0 Å². The number of carbonyl (C=O) groups excluding carboxylic acids is 1. The molecule has 242 valence electrons. The normalized spacial score (nSPS) is 16.5. The van der Waals surface area contributed by atoms with Gasteiger partial charge in [-0.15, -0.1) is 0 Å². The lowest BCUT2D eigenvalue weighted by Gasteiger charge is -2.28. The largest absolute Gasteiger partial charge is 0.354 e. The number of rotatable bonds is 13. The summed E-state index contributed by atoms with van der Waals surface area (Å²) in [6, 6.07) is 24.9. The SMILES string of the molecule is CCC(C)(C)c1ccc(NC(=O)C2CCC(CNc3nc(NCc4ccccc4)nc(NCc4cccc(C)c4C)n3)CC2)cc1. The molecule has 0 radical (unpaired) electrons. The third-order valence-electron chi connectivity index (χ3n) is 9.67. The van der Waals surface area contributed by atoms with Gasteiger partial charge in [0, 0.05) is 31.2 Å². The van der Waals surface area contributed by atoms with E-state index >= 15 is 0 Å². The molecule has 0 atom stereocenters. The second kappa shape index (κ2) is 15.2. The van der Waals surface area contributed by atoms with E-state index < -0.39 is 0 Å². The van der Waals surface area contributed by atoms with Crippen molar-refractivity contribution in [2.45, 2.75) is 85.2 Å². The molecule has 0 spiro atoms. The van der Waals surface area contributed by atoms with E-state index in [4.69, 9.17) is 4.98 Å². The Morgan fingerprint density at radius 2 is 1.39 bits per heavy atom. The summed E-state index contributed by atoms with van der Waals surface area (Å²) in [6.45, 7) is 13.0. The van der Waals surface area contributed by atoms with E-state index in [9.17, 15) is 4.79 Å². The zero-order valence-corrected chi connectivity index (χ0v) is 28.0. The average molecular weight is 620 g/mol. The molecule has 1 saturated carbocycles. The average Bonchev–Trinajstić information content (AvgIpc) is 3.08. The molecule has 1 heterocycles. The third-order valence-corrected chi connectivity index (χ3v) is 9.67. The molecule has 46 heavy (non-hydrogen) atoms. The molecule has 4 aromatic rings. The number of hydrogen-bond donors (Lipinski definition) is 4. The van der Waals surface area contributed by atoms with Gasteiger partial charge < -0.3 is 21.3 Å². The number of aryl methyl sites for hydroxylation is 1. The summed E-state index contributed by atoms with van der Waals surface area (Å²) in [5.41, 5.74) is 7.20. The molecule has 3 aromatic carbocycles. The third kappa shape index (κ3) is 8.83. The van der Waals surface area contributed by atoms with E-state index in [-0.39, 0.29) is 17.2 Å². The van der Waals surface area contributed by atoms with Gasteiger partial charge in [0.15, 0.2) is 0 Å². The molecule has 0 bridgehead atoms. The van der Waals surface area contributed by atoms with Gasteiger partial charge in [-0.2, -0.15) is 15.0 Å². The van der Waals surface area contributed by atoms with Crippen molar-refractivity contribution in [2.24, 2.45) is 11.8 Å². The van der Waals surface area contributed by atoms with Gasteiger partial charge in [0.2, 0.25) is 23.8 Å². The molecule has 1 aromatic heterocycles. The first-order chi connectivity index (χ1) is 22.2. The predicted octanol–water partition coefficient (Wildman–Crippen LogP) is 8.26. The van der Waals surface area contributed by atoms with E-state index in [0.29, 0.717) is 36.9 Å². The van der Waals surface area contributed by atoms with E-state index in [0.717, 1.165) is 49.9 Å². The Kier molecular flexibility index (Phi) is 10.9. The molecule has 4 N–H and O–H groups in total. The Morgan fingerprint density at radius 3 is 2.04 bits per heavy atom. The molecule has 1 aliphatic carbocycles. The number of hydrogen-bond acceptors (Lipinski definition) is 7. The summed E-state index contributed by atoms with van der Waals surface area (Å²) in [4.78, 5) is 27.1. The quantitative estimate of drug-likeness (QED) is 0.119. The highest BCUT2D eigenvalue weighted by Crippen LogP contribution is 2.31. The van der Waals surface area contributed by atoms with Crippen LogP contribution in [-0.4, -0.2) is 27.4 Å². The van der Waals surface area contributed by atoms with Crippen molar-refractivity contribution in [3.63, 3.8) is 0 Å². The van der Waals surface area contributed by atoms with Crippen molar-refractivity contribution in [2.75, 3.05) is 27.8 Å². The zero-order valence-electron chi connectivity index (χ0n) is 28.0. The van der Waals surface area contributed by atoms with Gasteiger partial charge in [0.25, 0.3) is 0 Å². The molecule has 0 saturated heterocycles. The number of amides is 1. The summed E-state index contributed by atoms with van der Waals surface area (Å²) in [5.74, 6) is 2.21. The summed E-state index contributed by atoms with van der Waals surface area (Å²) < 4.78 is 0. The minimum absolute atomic E-state index is 0.0369. The number of nitrogens with zero attached hydrogens (tertiary/aromatic N) is 3. The first-order valence-corrected chi connectivity index (χ1v) is 16.7. The monoisotopic (exact) mass is 619 g/mol. The zero-order chi connectivity index (χ0) is 32.5. The fraction of sp³-hybridized carbons (Fsp3) is 0.421. The lowest BCUT2D eigenvalue weighted by molar-refractivity contribution is -0.121. The maximum atomic E-state index is 13.1. The summed E-state index contributed by atoms with van der Waals surface area (Å²) >= 11 is 0. The number of aromatic nitrogens is 3.